The number of hydrogen-bond acceptors (Lipinski definition) is 4. The summed E-state index contributed by atoms with van der Waals surface area (Å²) in [6, 6.07) is 8.05. The van der Waals surface area contributed by atoms with Gasteiger partial charge in [-0.3, -0.25) is 4.79 Å². The zero-order chi connectivity index (χ0) is 19.1. The number of carbonyl (C=O) groups excluding carboxylic acids is 2. The summed E-state index contributed by atoms with van der Waals surface area (Å²) >= 11 is 0. The molecule has 0 spiro atoms. The molecule has 0 N–H and O–H groups in total. The van der Waals surface area contributed by atoms with Crippen LogP contribution < -0.4 is 4.90 Å². The van der Waals surface area contributed by atoms with E-state index >= 15 is 0 Å². The van der Waals surface area contributed by atoms with Gasteiger partial charge in [-0.2, -0.15) is 0 Å². The normalized spacial score (nSPS) is 25.1. The Balaban J connectivity index is 1.71. The van der Waals surface area contributed by atoms with Crippen molar-refractivity contribution in [3.63, 3.8) is 0 Å². The van der Waals surface area contributed by atoms with Crippen LogP contribution in [0.5, 0.6) is 0 Å². The van der Waals surface area contributed by atoms with Crippen molar-refractivity contribution < 1.29 is 14.3 Å². The summed E-state index contributed by atoms with van der Waals surface area (Å²) in [4.78, 5) is 29.5. The molecule has 26 heavy (non-hydrogen) atoms. The Kier molecular flexibility index (Phi) is 5.00. The van der Waals surface area contributed by atoms with Gasteiger partial charge in [-0.1, -0.05) is 12.1 Å². The maximum atomic E-state index is 13.0. The molecule has 0 saturated carbocycles. The molecule has 2 fully saturated rings. The minimum Gasteiger partial charge on any atom is -0.444 e. The molecule has 2 heterocycles. The molecule has 2 aliphatic heterocycles. The van der Waals surface area contributed by atoms with E-state index < -0.39 is 5.60 Å². The van der Waals surface area contributed by atoms with Crippen LogP contribution >= 0.6 is 0 Å². The van der Waals surface area contributed by atoms with Crippen LogP contribution in [0.15, 0.2) is 24.3 Å². The van der Waals surface area contributed by atoms with E-state index in [1.807, 2.05) is 68.9 Å². The van der Waals surface area contributed by atoms with Gasteiger partial charge in [-0.05, 0) is 58.6 Å². The van der Waals surface area contributed by atoms with Gasteiger partial charge in [0, 0.05) is 43.3 Å². The summed E-state index contributed by atoms with van der Waals surface area (Å²) in [7, 11) is 3.95. The van der Waals surface area contributed by atoms with Crippen molar-refractivity contribution in [1.82, 2.24) is 4.90 Å². The van der Waals surface area contributed by atoms with Gasteiger partial charge in [0.1, 0.15) is 5.60 Å². The fraction of sp³-hybridized carbons (Fsp3) is 0.619. The molecular formula is C21H30N2O3. The highest BCUT2D eigenvalue weighted by Crippen LogP contribution is 2.40. The molecule has 0 aliphatic carbocycles. The van der Waals surface area contributed by atoms with E-state index in [4.69, 9.17) is 4.74 Å². The maximum Gasteiger partial charge on any atom is 0.410 e. The Labute approximate surface area is 156 Å². The number of hydrogen-bond donors (Lipinski definition) is 0. The average molecular weight is 358 g/mol. The first-order valence-corrected chi connectivity index (χ1v) is 9.48. The lowest BCUT2D eigenvalue weighted by Crippen LogP contribution is -2.49. The van der Waals surface area contributed by atoms with Crippen molar-refractivity contribution in [3.05, 3.63) is 29.8 Å². The fourth-order valence-electron chi connectivity index (χ4n) is 4.18. The molecule has 2 bridgehead atoms. The van der Waals surface area contributed by atoms with Crippen molar-refractivity contribution in [1.29, 1.82) is 0 Å². The number of ketones is 1. The second-order valence-electron chi connectivity index (χ2n) is 8.75. The summed E-state index contributed by atoms with van der Waals surface area (Å²) in [6.07, 6.45) is 3.17. The lowest BCUT2D eigenvalue weighted by molar-refractivity contribution is 0.00254. The number of nitrogens with zero attached hydrogens (tertiary/aromatic N) is 2. The quantitative estimate of drug-likeness (QED) is 0.763. The highest BCUT2D eigenvalue weighted by molar-refractivity contribution is 5.99. The number of benzene rings is 1. The molecule has 2 atom stereocenters. The summed E-state index contributed by atoms with van der Waals surface area (Å²) < 4.78 is 5.58. The van der Waals surface area contributed by atoms with Gasteiger partial charge < -0.3 is 14.5 Å². The van der Waals surface area contributed by atoms with E-state index in [-0.39, 0.29) is 29.9 Å². The molecule has 2 saturated heterocycles. The molecule has 5 heteroatoms. The van der Waals surface area contributed by atoms with Crippen LogP contribution in [0.25, 0.3) is 0 Å². The van der Waals surface area contributed by atoms with Crippen LogP contribution in [0.3, 0.4) is 0 Å². The van der Waals surface area contributed by atoms with Crippen molar-refractivity contribution in [2.75, 3.05) is 19.0 Å². The SMILES string of the molecule is CN(C)c1cccc(C(=O)C2CC3CCC(C2)N3C(=O)OC(C)(C)C)c1. The van der Waals surface area contributed by atoms with Crippen molar-refractivity contribution in [2.45, 2.75) is 64.1 Å². The Morgan fingerprint density at radius 2 is 1.73 bits per heavy atom. The third-order valence-electron chi connectivity index (χ3n) is 5.36. The molecule has 2 unspecified atom stereocenters. The smallest absolute Gasteiger partial charge is 0.410 e. The minimum atomic E-state index is -0.490. The molecule has 1 aromatic carbocycles. The molecule has 5 nitrogen and oxygen atoms in total. The first kappa shape index (κ1) is 18.7. The van der Waals surface area contributed by atoms with E-state index in [2.05, 4.69) is 0 Å². The predicted octanol–water partition coefficient (Wildman–Crippen LogP) is 4.11. The summed E-state index contributed by atoms with van der Waals surface area (Å²) in [5, 5.41) is 0. The van der Waals surface area contributed by atoms with E-state index in [1.54, 1.807) is 0 Å². The molecule has 142 valence electrons. The number of rotatable bonds is 3. The molecular weight excluding hydrogens is 328 g/mol. The highest BCUT2D eigenvalue weighted by atomic mass is 16.6. The Hall–Kier alpha value is -2.04. The third kappa shape index (κ3) is 3.87. The zero-order valence-corrected chi connectivity index (χ0v) is 16.5. The van der Waals surface area contributed by atoms with Crippen molar-refractivity contribution in [2.24, 2.45) is 5.92 Å². The number of amides is 1. The number of ether oxygens (including phenoxy) is 1. The van der Waals surface area contributed by atoms with E-state index in [9.17, 15) is 9.59 Å². The van der Waals surface area contributed by atoms with Crippen LogP contribution in [0.4, 0.5) is 10.5 Å². The van der Waals surface area contributed by atoms with Crippen LogP contribution in [0, 0.1) is 5.92 Å². The van der Waals surface area contributed by atoms with Gasteiger partial charge in [-0.25, -0.2) is 4.79 Å². The second kappa shape index (κ2) is 6.93. The lowest BCUT2D eigenvalue weighted by Gasteiger charge is -2.39. The maximum absolute atomic E-state index is 13.0. The number of fused-ring (bicyclic) bond motifs is 2. The average Bonchev–Trinajstić information content (AvgIpc) is 2.83. The predicted molar refractivity (Wildman–Crippen MR) is 103 cm³/mol. The minimum absolute atomic E-state index is 0.0106. The van der Waals surface area contributed by atoms with Gasteiger partial charge in [0.15, 0.2) is 5.78 Å². The summed E-state index contributed by atoms with van der Waals surface area (Å²) in [5.41, 5.74) is 1.31. The van der Waals surface area contributed by atoms with Crippen molar-refractivity contribution >= 4 is 17.6 Å². The zero-order valence-electron chi connectivity index (χ0n) is 16.5. The molecule has 2 aliphatic rings. The first-order valence-electron chi connectivity index (χ1n) is 9.48. The molecule has 0 radical (unpaired) electrons. The molecule has 1 aromatic rings. The van der Waals surface area contributed by atoms with Gasteiger partial charge in [-0.15, -0.1) is 0 Å². The standard InChI is InChI=1S/C21H30N2O3/c1-21(2,3)26-20(25)23-17-9-10-18(23)13-15(12-17)19(24)14-7-6-8-16(11-14)22(4)5/h6-8,11,15,17-18H,9-10,12-13H2,1-5H3. The monoisotopic (exact) mass is 358 g/mol. The van der Waals surface area contributed by atoms with E-state index in [1.165, 1.54) is 0 Å². The molecule has 0 aromatic heterocycles. The van der Waals surface area contributed by atoms with E-state index in [0.29, 0.717) is 0 Å². The van der Waals surface area contributed by atoms with Gasteiger partial charge in [0.2, 0.25) is 0 Å². The Morgan fingerprint density at radius 3 is 2.27 bits per heavy atom. The van der Waals surface area contributed by atoms with Crippen LogP contribution in [0.1, 0.15) is 56.8 Å². The second-order valence-corrected chi connectivity index (χ2v) is 8.75. The largest absolute Gasteiger partial charge is 0.444 e. The number of Topliss-reactive ketones (excluding diaryl/α,β-unsaturated/α-hetero) is 1. The Morgan fingerprint density at radius 1 is 1.12 bits per heavy atom. The third-order valence-corrected chi connectivity index (χ3v) is 5.36. The number of piperidine rings is 1. The Bertz CT molecular complexity index is 679. The van der Waals surface area contributed by atoms with Crippen molar-refractivity contribution in [3.8, 4) is 0 Å². The van der Waals surface area contributed by atoms with Crippen LogP contribution in [0.2, 0.25) is 0 Å². The van der Waals surface area contributed by atoms with Crippen LogP contribution in [-0.4, -0.2) is 48.6 Å². The summed E-state index contributed by atoms with van der Waals surface area (Å²) in [6.45, 7) is 5.67. The number of carbonyl (C=O) groups is 2. The molecule has 1 amide bonds. The van der Waals surface area contributed by atoms with Gasteiger partial charge >= 0.3 is 6.09 Å². The number of anilines is 1. The van der Waals surface area contributed by atoms with E-state index in [0.717, 1.165) is 36.9 Å². The summed E-state index contributed by atoms with van der Waals surface area (Å²) in [5.74, 6) is 0.193. The first-order chi connectivity index (χ1) is 12.2. The highest BCUT2D eigenvalue weighted by Gasteiger charge is 2.46. The van der Waals surface area contributed by atoms with Gasteiger partial charge in [0.05, 0.1) is 0 Å². The van der Waals surface area contributed by atoms with Crippen LogP contribution in [-0.2, 0) is 4.74 Å². The lowest BCUT2D eigenvalue weighted by atomic mass is 9.85. The topological polar surface area (TPSA) is 49.9 Å². The molecule has 3 rings (SSSR count). The van der Waals surface area contributed by atoms with Gasteiger partial charge in [0.25, 0.3) is 0 Å². The fourth-order valence-corrected chi connectivity index (χ4v) is 4.18.